The Labute approximate surface area is 102 Å². The molecule has 1 aromatic rings. The summed E-state index contributed by atoms with van der Waals surface area (Å²) in [7, 11) is 0. The number of halogens is 1. The van der Waals surface area contributed by atoms with Gasteiger partial charge in [0.1, 0.15) is 5.82 Å². The van der Waals surface area contributed by atoms with Crippen molar-refractivity contribution in [2.45, 2.75) is 37.6 Å². The van der Waals surface area contributed by atoms with Gasteiger partial charge >= 0.3 is 0 Å². The molecule has 0 fully saturated rings. The number of rotatable bonds is 7. The number of hydrogen-bond acceptors (Lipinski definition) is 2. The Morgan fingerprint density at radius 1 is 1.44 bits per heavy atom. The molecule has 1 nitrogen and oxygen atoms in total. The van der Waals surface area contributed by atoms with Gasteiger partial charge in [-0.3, -0.25) is 0 Å². The first kappa shape index (κ1) is 13.5. The van der Waals surface area contributed by atoms with Crippen LogP contribution < -0.4 is 5.32 Å². The van der Waals surface area contributed by atoms with Crippen LogP contribution >= 0.6 is 11.8 Å². The van der Waals surface area contributed by atoms with Crippen LogP contribution in [0.1, 0.15) is 26.7 Å². The molecule has 0 amide bonds. The average molecular weight is 241 g/mol. The van der Waals surface area contributed by atoms with Crippen LogP contribution in [0.5, 0.6) is 0 Å². The van der Waals surface area contributed by atoms with Crippen LogP contribution in [0, 0.1) is 5.82 Å². The van der Waals surface area contributed by atoms with Gasteiger partial charge in [0.25, 0.3) is 0 Å². The van der Waals surface area contributed by atoms with Gasteiger partial charge in [-0.05, 0) is 31.5 Å². The maximum Gasteiger partial charge on any atom is 0.124 e. The number of thioether (sulfide) groups is 1. The lowest BCUT2D eigenvalue weighted by atomic mass is 10.2. The van der Waals surface area contributed by atoms with Crippen LogP contribution in [-0.2, 0) is 0 Å². The first-order chi connectivity index (χ1) is 7.72. The molecular weight excluding hydrogens is 221 g/mol. The fraction of sp³-hybridized carbons (Fsp3) is 0.538. The van der Waals surface area contributed by atoms with Gasteiger partial charge in [-0.1, -0.05) is 19.4 Å². The van der Waals surface area contributed by atoms with Gasteiger partial charge in [-0.2, -0.15) is 0 Å². The van der Waals surface area contributed by atoms with Gasteiger partial charge in [0.2, 0.25) is 0 Å². The van der Waals surface area contributed by atoms with E-state index in [2.05, 4.69) is 19.2 Å². The Morgan fingerprint density at radius 3 is 2.94 bits per heavy atom. The van der Waals surface area contributed by atoms with Crippen molar-refractivity contribution >= 4 is 11.8 Å². The predicted octanol–water partition coefficient (Wildman–Crippen LogP) is 3.70. The van der Waals surface area contributed by atoms with Crippen molar-refractivity contribution in [1.29, 1.82) is 0 Å². The van der Waals surface area contributed by atoms with Crippen molar-refractivity contribution < 1.29 is 4.39 Å². The molecular formula is C13H20FNS. The molecule has 1 unspecified atom stereocenters. The Balaban J connectivity index is 2.16. The van der Waals surface area contributed by atoms with E-state index >= 15 is 0 Å². The van der Waals surface area contributed by atoms with Crippen LogP contribution in [-0.4, -0.2) is 18.3 Å². The SMILES string of the molecule is CCCC(C)NCCSc1cccc(F)c1. The van der Waals surface area contributed by atoms with Crippen LogP contribution in [0.4, 0.5) is 4.39 Å². The molecule has 1 aromatic carbocycles. The van der Waals surface area contributed by atoms with Gasteiger partial charge in [0.05, 0.1) is 0 Å². The minimum absolute atomic E-state index is 0.155. The van der Waals surface area contributed by atoms with E-state index in [1.165, 1.54) is 18.9 Å². The largest absolute Gasteiger partial charge is 0.313 e. The van der Waals surface area contributed by atoms with E-state index in [1.807, 2.05) is 6.07 Å². The van der Waals surface area contributed by atoms with Crippen molar-refractivity contribution in [3.8, 4) is 0 Å². The van der Waals surface area contributed by atoms with E-state index in [0.717, 1.165) is 17.2 Å². The fourth-order valence-electron chi connectivity index (χ4n) is 1.57. The fourth-order valence-corrected chi connectivity index (χ4v) is 2.39. The molecule has 0 heterocycles. The lowest BCUT2D eigenvalue weighted by Crippen LogP contribution is -2.27. The summed E-state index contributed by atoms with van der Waals surface area (Å²) < 4.78 is 12.9. The van der Waals surface area contributed by atoms with E-state index < -0.39 is 0 Å². The molecule has 16 heavy (non-hydrogen) atoms. The van der Waals surface area contributed by atoms with Crippen molar-refractivity contribution in [2.24, 2.45) is 0 Å². The lowest BCUT2D eigenvalue weighted by molar-refractivity contribution is 0.526. The minimum atomic E-state index is -0.155. The third-order valence-corrected chi connectivity index (χ3v) is 3.38. The smallest absolute Gasteiger partial charge is 0.124 e. The van der Waals surface area contributed by atoms with E-state index in [-0.39, 0.29) is 5.82 Å². The summed E-state index contributed by atoms with van der Waals surface area (Å²) in [6.07, 6.45) is 2.43. The molecule has 0 bridgehead atoms. The van der Waals surface area contributed by atoms with Gasteiger partial charge in [0.15, 0.2) is 0 Å². The van der Waals surface area contributed by atoms with Gasteiger partial charge in [-0.25, -0.2) is 4.39 Å². The molecule has 0 aliphatic heterocycles. The van der Waals surface area contributed by atoms with Crippen molar-refractivity contribution in [2.75, 3.05) is 12.3 Å². The molecule has 1 rings (SSSR count). The molecule has 0 saturated carbocycles. The summed E-state index contributed by atoms with van der Waals surface area (Å²) in [5.41, 5.74) is 0. The van der Waals surface area contributed by atoms with E-state index in [4.69, 9.17) is 0 Å². The predicted molar refractivity (Wildman–Crippen MR) is 69.5 cm³/mol. The topological polar surface area (TPSA) is 12.0 Å². The maximum atomic E-state index is 12.9. The first-order valence-corrected chi connectivity index (χ1v) is 6.82. The van der Waals surface area contributed by atoms with E-state index in [9.17, 15) is 4.39 Å². The molecule has 0 spiro atoms. The highest BCUT2D eigenvalue weighted by atomic mass is 32.2. The third-order valence-electron chi connectivity index (χ3n) is 2.38. The first-order valence-electron chi connectivity index (χ1n) is 5.84. The standard InChI is InChI=1S/C13H20FNS/c1-3-5-11(2)15-8-9-16-13-7-4-6-12(14)10-13/h4,6-7,10-11,15H,3,5,8-9H2,1-2H3. The molecule has 3 heteroatoms. The molecule has 0 radical (unpaired) electrons. The molecule has 1 N–H and O–H groups in total. The highest BCUT2D eigenvalue weighted by Crippen LogP contribution is 2.17. The summed E-state index contributed by atoms with van der Waals surface area (Å²) >= 11 is 1.69. The van der Waals surface area contributed by atoms with Crippen LogP contribution in [0.2, 0.25) is 0 Å². The summed E-state index contributed by atoms with van der Waals surface area (Å²) in [4.78, 5) is 1.00. The van der Waals surface area contributed by atoms with Crippen LogP contribution in [0.15, 0.2) is 29.2 Å². The van der Waals surface area contributed by atoms with Crippen LogP contribution in [0.3, 0.4) is 0 Å². The van der Waals surface area contributed by atoms with Crippen LogP contribution in [0.25, 0.3) is 0 Å². The maximum absolute atomic E-state index is 12.9. The summed E-state index contributed by atoms with van der Waals surface area (Å²) in [5.74, 6) is 0.828. The Morgan fingerprint density at radius 2 is 2.25 bits per heavy atom. The third kappa shape index (κ3) is 5.52. The zero-order valence-corrected chi connectivity index (χ0v) is 10.8. The quantitative estimate of drug-likeness (QED) is 0.577. The van der Waals surface area contributed by atoms with E-state index in [0.29, 0.717) is 6.04 Å². The Hall–Kier alpha value is -0.540. The normalized spacial score (nSPS) is 12.7. The number of nitrogens with one attached hydrogen (secondary N) is 1. The van der Waals surface area contributed by atoms with Crippen molar-refractivity contribution in [3.63, 3.8) is 0 Å². The van der Waals surface area contributed by atoms with Crippen molar-refractivity contribution in [1.82, 2.24) is 5.32 Å². The van der Waals surface area contributed by atoms with E-state index in [1.54, 1.807) is 23.9 Å². The zero-order valence-electron chi connectivity index (χ0n) is 10.0. The molecule has 1 atom stereocenters. The van der Waals surface area contributed by atoms with Gasteiger partial charge in [-0.15, -0.1) is 11.8 Å². The summed E-state index contributed by atoms with van der Waals surface area (Å²) in [5, 5.41) is 3.45. The molecule has 0 aromatic heterocycles. The monoisotopic (exact) mass is 241 g/mol. The second-order valence-electron chi connectivity index (χ2n) is 3.95. The Kier molecular flexibility index (Phi) is 6.50. The highest BCUT2D eigenvalue weighted by Gasteiger charge is 1.99. The Bertz CT molecular complexity index is 304. The molecule has 0 saturated heterocycles. The zero-order chi connectivity index (χ0) is 11.8. The molecule has 0 aliphatic carbocycles. The second kappa shape index (κ2) is 7.69. The minimum Gasteiger partial charge on any atom is -0.313 e. The molecule has 90 valence electrons. The number of benzene rings is 1. The van der Waals surface area contributed by atoms with Crippen molar-refractivity contribution in [3.05, 3.63) is 30.1 Å². The summed E-state index contributed by atoms with van der Waals surface area (Å²) in [6.45, 7) is 5.37. The van der Waals surface area contributed by atoms with Gasteiger partial charge < -0.3 is 5.32 Å². The molecule has 0 aliphatic rings. The average Bonchev–Trinajstić information content (AvgIpc) is 2.25. The second-order valence-corrected chi connectivity index (χ2v) is 5.12. The highest BCUT2D eigenvalue weighted by molar-refractivity contribution is 7.99. The summed E-state index contributed by atoms with van der Waals surface area (Å²) in [6, 6.07) is 7.35. The van der Waals surface area contributed by atoms with Gasteiger partial charge in [0, 0.05) is 23.2 Å². The number of hydrogen-bond donors (Lipinski definition) is 1. The lowest BCUT2D eigenvalue weighted by Gasteiger charge is -2.12.